The van der Waals surface area contributed by atoms with E-state index in [2.05, 4.69) is 0 Å². The maximum absolute atomic E-state index is 11.0. The highest BCUT2D eigenvalue weighted by Crippen LogP contribution is 2.16. The van der Waals surface area contributed by atoms with Crippen molar-refractivity contribution in [2.75, 3.05) is 6.54 Å². The van der Waals surface area contributed by atoms with Gasteiger partial charge >= 0.3 is 0 Å². The lowest BCUT2D eigenvalue weighted by Gasteiger charge is -2.35. The Balaban J connectivity index is 2.50. The Morgan fingerprint density at radius 3 is 2.73 bits per heavy atom. The molecule has 11 heavy (non-hydrogen) atoms. The van der Waals surface area contributed by atoms with E-state index in [4.69, 9.17) is 0 Å². The van der Waals surface area contributed by atoms with Gasteiger partial charge in [-0.3, -0.25) is 4.79 Å². The molecule has 3 nitrogen and oxygen atoms in total. The molecule has 1 rings (SSSR count). The molecule has 1 aliphatic rings. The van der Waals surface area contributed by atoms with Crippen LogP contribution in [0, 0.1) is 0 Å². The predicted octanol–water partition coefficient (Wildman–Crippen LogP) is 0.378. The minimum Gasteiger partial charge on any atom is -0.393 e. The number of hydrogen-bond acceptors (Lipinski definition) is 2. The van der Waals surface area contributed by atoms with Crippen molar-refractivity contribution in [3.63, 3.8) is 0 Å². The summed E-state index contributed by atoms with van der Waals surface area (Å²) in [7, 11) is 0. The number of carbonyl (C=O) groups excluding carboxylic acids is 1. The van der Waals surface area contributed by atoms with Crippen LogP contribution < -0.4 is 0 Å². The fraction of sp³-hybridized carbons (Fsp3) is 0.875. The quantitative estimate of drug-likeness (QED) is 0.552. The number of aliphatic hydroxyl groups is 1. The summed E-state index contributed by atoms with van der Waals surface area (Å²) in [4.78, 5) is 12.8. The van der Waals surface area contributed by atoms with Crippen molar-refractivity contribution in [3.05, 3.63) is 0 Å². The number of rotatable bonds is 0. The molecule has 1 N–H and O–H groups in total. The van der Waals surface area contributed by atoms with Crippen molar-refractivity contribution in [2.45, 2.75) is 38.8 Å². The monoisotopic (exact) mass is 157 g/mol. The van der Waals surface area contributed by atoms with Gasteiger partial charge in [0.25, 0.3) is 0 Å². The molecule has 0 aromatic carbocycles. The summed E-state index contributed by atoms with van der Waals surface area (Å²) in [6, 6.07) is 0.205. The molecule has 2 atom stereocenters. The molecule has 0 radical (unpaired) electrons. The molecule has 0 aromatic heterocycles. The molecular weight excluding hydrogens is 142 g/mol. The van der Waals surface area contributed by atoms with Crippen LogP contribution in [0.3, 0.4) is 0 Å². The van der Waals surface area contributed by atoms with Gasteiger partial charge in [-0.25, -0.2) is 0 Å². The van der Waals surface area contributed by atoms with Gasteiger partial charge in [0, 0.05) is 19.5 Å². The van der Waals surface area contributed by atoms with Crippen LogP contribution >= 0.6 is 0 Å². The lowest BCUT2D eigenvalue weighted by atomic mass is 10.0. The standard InChI is InChI=1S/C8H15NO2/c1-6-5-8(11)3-4-9(6)7(2)10/h6,8,11H,3-5H2,1-2H3. The zero-order chi connectivity index (χ0) is 8.43. The van der Waals surface area contributed by atoms with Gasteiger partial charge in [-0.1, -0.05) is 0 Å². The van der Waals surface area contributed by atoms with Gasteiger partial charge < -0.3 is 10.0 Å². The molecule has 3 heteroatoms. The van der Waals surface area contributed by atoms with Crippen molar-refractivity contribution in [1.82, 2.24) is 4.90 Å². The molecule has 2 unspecified atom stereocenters. The average molecular weight is 157 g/mol. The second kappa shape index (κ2) is 3.22. The van der Waals surface area contributed by atoms with E-state index >= 15 is 0 Å². The van der Waals surface area contributed by atoms with E-state index < -0.39 is 0 Å². The first-order valence-electron chi connectivity index (χ1n) is 4.06. The fourth-order valence-corrected chi connectivity index (χ4v) is 1.62. The van der Waals surface area contributed by atoms with E-state index in [0.717, 1.165) is 12.8 Å². The Labute approximate surface area is 67.0 Å². The van der Waals surface area contributed by atoms with Crippen LogP contribution in [0.1, 0.15) is 26.7 Å². The number of hydrogen-bond donors (Lipinski definition) is 1. The highest BCUT2D eigenvalue weighted by atomic mass is 16.3. The van der Waals surface area contributed by atoms with Crippen molar-refractivity contribution in [2.24, 2.45) is 0 Å². The van der Waals surface area contributed by atoms with Crippen molar-refractivity contribution in [3.8, 4) is 0 Å². The molecule has 0 saturated carbocycles. The summed E-state index contributed by atoms with van der Waals surface area (Å²) in [5, 5.41) is 9.24. The van der Waals surface area contributed by atoms with E-state index in [0.29, 0.717) is 6.54 Å². The Bertz CT molecular complexity index is 158. The van der Waals surface area contributed by atoms with Gasteiger partial charge in [-0.15, -0.1) is 0 Å². The number of likely N-dealkylation sites (tertiary alicyclic amines) is 1. The average Bonchev–Trinajstić information content (AvgIpc) is 1.85. The largest absolute Gasteiger partial charge is 0.393 e. The number of amides is 1. The van der Waals surface area contributed by atoms with Gasteiger partial charge in [-0.2, -0.15) is 0 Å². The van der Waals surface area contributed by atoms with Crippen molar-refractivity contribution < 1.29 is 9.90 Å². The summed E-state index contributed by atoms with van der Waals surface area (Å²) in [5.74, 6) is 0.115. The van der Waals surface area contributed by atoms with E-state index in [-0.39, 0.29) is 18.1 Å². The van der Waals surface area contributed by atoms with E-state index in [1.807, 2.05) is 11.8 Å². The summed E-state index contributed by atoms with van der Waals surface area (Å²) in [5.41, 5.74) is 0. The van der Waals surface area contributed by atoms with Crippen LogP contribution in [0.4, 0.5) is 0 Å². The van der Waals surface area contributed by atoms with Gasteiger partial charge in [-0.05, 0) is 19.8 Å². The first-order valence-corrected chi connectivity index (χ1v) is 4.06. The number of aliphatic hydroxyl groups excluding tert-OH is 1. The minimum atomic E-state index is -0.208. The number of carbonyl (C=O) groups is 1. The molecule has 0 bridgehead atoms. The third-order valence-electron chi connectivity index (χ3n) is 2.25. The molecule has 0 aliphatic carbocycles. The van der Waals surface area contributed by atoms with E-state index in [9.17, 15) is 9.90 Å². The molecule has 1 heterocycles. The van der Waals surface area contributed by atoms with Gasteiger partial charge in [0.05, 0.1) is 6.10 Å². The first-order chi connectivity index (χ1) is 5.11. The SMILES string of the molecule is CC(=O)N1CCC(O)CC1C. The second-order valence-corrected chi connectivity index (χ2v) is 3.24. The van der Waals surface area contributed by atoms with Crippen LogP contribution in [0.2, 0.25) is 0 Å². The van der Waals surface area contributed by atoms with Crippen molar-refractivity contribution in [1.29, 1.82) is 0 Å². The summed E-state index contributed by atoms with van der Waals surface area (Å²) >= 11 is 0. The molecule has 1 saturated heterocycles. The molecule has 1 amide bonds. The fourth-order valence-electron chi connectivity index (χ4n) is 1.62. The maximum atomic E-state index is 11.0. The van der Waals surface area contributed by atoms with Crippen LogP contribution in [0.25, 0.3) is 0 Å². The highest BCUT2D eigenvalue weighted by molar-refractivity contribution is 5.73. The number of nitrogens with zero attached hydrogens (tertiary/aromatic N) is 1. The third-order valence-corrected chi connectivity index (χ3v) is 2.25. The summed E-state index contributed by atoms with van der Waals surface area (Å²) in [6.45, 7) is 4.26. The molecular formula is C8H15NO2. The summed E-state index contributed by atoms with van der Waals surface area (Å²) < 4.78 is 0. The molecule has 1 fully saturated rings. The van der Waals surface area contributed by atoms with Crippen molar-refractivity contribution >= 4 is 5.91 Å². The van der Waals surface area contributed by atoms with Gasteiger partial charge in [0.1, 0.15) is 0 Å². The first kappa shape index (κ1) is 8.53. The Morgan fingerprint density at radius 2 is 2.27 bits per heavy atom. The molecule has 1 aliphatic heterocycles. The lowest BCUT2D eigenvalue weighted by molar-refractivity contribution is -0.133. The van der Waals surface area contributed by atoms with Crippen LogP contribution in [-0.4, -0.2) is 34.6 Å². The predicted molar refractivity (Wildman–Crippen MR) is 42.1 cm³/mol. The molecule has 0 spiro atoms. The van der Waals surface area contributed by atoms with Crippen LogP contribution in [0.5, 0.6) is 0 Å². The Kier molecular flexibility index (Phi) is 2.49. The molecule has 64 valence electrons. The van der Waals surface area contributed by atoms with Crippen LogP contribution in [0.15, 0.2) is 0 Å². The van der Waals surface area contributed by atoms with Gasteiger partial charge in [0.2, 0.25) is 5.91 Å². The Morgan fingerprint density at radius 1 is 1.64 bits per heavy atom. The minimum absolute atomic E-state index is 0.115. The smallest absolute Gasteiger partial charge is 0.219 e. The maximum Gasteiger partial charge on any atom is 0.219 e. The zero-order valence-electron chi connectivity index (χ0n) is 7.08. The third kappa shape index (κ3) is 1.93. The normalized spacial score (nSPS) is 32.1. The highest BCUT2D eigenvalue weighted by Gasteiger charge is 2.25. The number of piperidine rings is 1. The van der Waals surface area contributed by atoms with E-state index in [1.165, 1.54) is 0 Å². The van der Waals surface area contributed by atoms with Gasteiger partial charge in [0.15, 0.2) is 0 Å². The zero-order valence-corrected chi connectivity index (χ0v) is 7.08. The summed E-state index contributed by atoms with van der Waals surface area (Å²) in [6.07, 6.45) is 1.24. The topological polar surface area (TPSA) is 40.5 Å². The second-order valence-electron chi connectivity index (χ2n) is 3.24. The lowest BCUT2D eigenvalue weighted by Crippen LogP contribution is -2.44. The Hall–Kier alpha value is -0.570. The van der Waals surface area contributed by atoms with Crippen LogP contribution in [-0.2, 0) is 4.79 Å². The van der Waals surface area contributed by atoms with E-state index in [1.54, 1.807) is 6.92 Å². The molecule has 0 aromatic rings.